The van der Waals surface area contributed by atoms with Crippen molar-refractivity contribution in [2.75, 3.05) is 6.61 Å². The van der Waals surface area contributed by atoms with Gasteiger partial charge in [-0.3, -0.25) is 14.4 Å². The highest BCUT2D eigenvalue weighted by molar-refractivity contribution is 6.30. The SMILES string of the molecule is CCCCn1c(=O)c(CCC(=O)OCC(=O)NCc2ccc(Cl)cc2)nc2ccccc21. The van der Waals surface area contributed by atoms with Crippen molar-refractivity contribution in [3.05, 3.63) is 75.2 Å². The Bertz CT molecular complexity index is 1140. The molecule has 0 fully saturated rings. The van der Waals surface area contributed by atoms with Gasteiger partial charge >= 0.3 is 5.97 Å². The Balaban J connectivity index is 1.54. The molecular formula is C24H26ClN3O4. The molecule has 0 aliphatic carbocycles. The van der Waals surface area contributed by atoms with Gasteiger partial charge in [-0.2, -0.15) is 0 Å². The van der Waals surface area contributed by atoms with E-state index >= 15 is 0 Å². The van der Waals surface area contributed by atoms with Crippen LogP contribution in [0.4, 0.5) is 0 Å². The van der Waals surface area contributed by atoms with Crippen LogP contribution >= 0.6 is 11.6 Å². The molecule has 32 heavy (non-hydrogen) atoms. The van der Waals surface area contributed by atoms with Gasteiger partial charge in [0.1, 0.15) is 5.69 Å². The van der Waals surface area contributed by atoms with Crippen LogP contribution in [-0.4, -0.2) is 28.0 Å². The van der Waals surface area contributed by atoms with E-state index in [9.17, 15) is 14.4 Å². The molecule has 168 valence electrons. The second kappa shape index (κ2) is 11.4. The molecule has 0 radical (unpaired) electrons. The lowest BCUT2D eigenvalue weighted by molar-refractivity contribution is -0.148. The number of aryl methyl sites for hydroxylation is 2. The van der Waals surface area contributed by atoms with Crippen LogP contribution < -0.4 is 10.9 Å². The molecular weight excluding hydrogens is 430 g/mol. The molecule has 7 nitrogen and oxygen atoms in total. The lowest BCUT2D eigenvalue weighted by Gasteiger charge is -2.12. The van der Waals surface area contributed by atoms with Gasteiger partial charge in [-0.15, -0.1) is 0 Å². The van der Waals surface area contributed by atoms with Gasteiger partial charge in [0.2, 0.25) is 0 Å². The van der Waals surface area contributed by atoms with E-state index in [0.717, 1.165) is 23.9 Å². The van der Waals surface area contributed by atoms with Crippen molar-refractivity contribution in [3.8, 4) is 0 Å². The minimum absolute atomic E-state index is 0.0289. The van der Waals surface area contributed by atoms with Gasteiger partial charge in [0.05, 0.1) is 17.5 Å². The first-order valence-corrected chi connectivity index (χ1v) is 11.0. The van der Waals surface area contributed by atoms with Crippen LogP contribution in [0.25, 0.3) is 11.0 Å². The number of halogens is 1. The smallest absolute Gasteiger partial charge is 0.306 e. The number of amides is 1. The van der Waals surface area contributed by atoms with Crippen LogP contribution in [0.2, 0.25) is 5.02 Å². The number of fused-ring (bicyclic) bond motifs is 1. The van der Waals surface area contributed by atoms with Crippen LogP contribution in [0.15, 0.2) is 53.3 Å². The first-order valence-electron chi connectivity index (χ1n) is 10.6. The van der Waals surface area contributed by atoms with E-state index in [1.54, 1.807) is 28.8 Å². The van der Waals surface area contributed by atoms with E-state index in [0.29, 0.717) is 29.3 Å². The van der Waals surface area contributed by atoms with Crippen LogP contribution in [0.5, 0.6) is 0 Å². The molecule has 1 N–H and O–H groups in total. The molecule has 3 aromatic rings. The van der Waals surface area contributed by atoms with Gasteiger partial charge in [-0.05, 0) is 36.2 Å². The molecule has 3 rings (SSSR count). The predicted octanol–water partition coefficient (Wildman–Crippen LogP) is 3.64. The van der Waals surface area contributed by atoms with Gasteiger partial charge in [-0.25, -0.2) is 4.98 Å². The number of carbonyl (C=O) groups is 2. The zero-order chi connectivity index (χ0) is 22.9. The fourth-order valence-electron chi connectivity index (χ4n) is 3.24. The highest BCUT2D eigenvalue weighted by Gasteiger charge is 2.14. The Hall–Kier alpha value is -3.19. The number of benzene rings is 2. The average molecular weight is 456 g/mol. The maximum Gasteiger partial charge on any atom is 0.306 e. The minimum Gasteiger partial charge on any atom is -0.456 e. The van der Waals surface area contributed by atoms with Gasteiger partial charge in [-0.1, -0.05) is 49.2 Å². The third-order valence-electron chi connectivity index (χ3n) is 4.99. The molecule has 0 atom stereocenters. The van der Waals surface area contributed by atoms with Crippen molar-refractivity contribution < 1.29 is 14.3 Å². The number of aromatic nitrogens is 2. The summed E-state index contributed by atoms with van der Waals surface area (Å²) in [6, 6.07) is 14.5. The third kappa shape index (κ3) is 6.40. The number of para-hydroxylation sites is 2. The zero-order valence-electron chi connectivity index (χ0n) is 18.0. The van der Waals surface area contributed by atoms with Crippen LogP contribution in [0.1, 0.15) is 37.4 Å². The molecule has 0 saturated heterocycles. The average Bonchev–Trinajstić information content (AvgIpc) is 2.80. The third-order valence-corrected chi connectivity index (χ3v) is 5.24. The monoisotopic (exact) mass is 455 g/mol. The van der Waals surface area contributed by atoms with E-state index in [-0.39, 0.29) is 25.0 Å². The Morgan fingerprint density at radius 3 is 2.62 bits per heavy atom. The Morgan fingerprint density at radius 1 is 1.12 bits per heavy atom. The van der Waals surface area contributed by atoms with Crippen molar-refractivity contribution in [1.29, 1.82) is 0 Å². The number of hydrogen-bond acceptors (Lipinski definition) is 5. The molecule has 1 aromatic heterocycles. The van der Waals surface area contributed by atoms with Gasteiger partial charge in [0, 0.05) is 24.5 Å². The Labute approximate surface area is 191 Å². The number of carbonyl (C=O) groups excluding carboxylic acids is 2. The van der Waals surface area contributed by atoms with E-state index in [1.165, 1.54) is 0 Å². The lowest BCUT2D eigenvalue weighted by Crippen LogP contribution is -2.29. The largest absolute Gasteiger partial charge is 0.456 e. The highest BCUT2D eigenvalue weighted by Crippen LogP contribution is 2.12. The molecule has 2 aromatic carbocycles. The van der Waals surface area contributed by atoms with Crippen molar-refractivity contribution in [2.24, 2.45) is 0 Å². The molecule has 1 amide bonds. The Morgan fingerprint density at radius 2 is 1.88 bits per heavy atom. The van der Waals surface area contributed by atoms with Crippen LogP contribution in [0.3, 0.4) is 0 Å². The topological polar surface area (TPSA) is 90.3 Å². The summed E-state index contributed by atoms with van der Waals surface area (Å²) < 4.78 is 6.77. The fourth-order valence-corrected chi connectivity index (χ4v) is 3.37. The number of nitrogens with one attached hydrogen (secondary N) is 1. The summed E-state index contributed by atoms with van der Waals surface area (Å²) in [6.45, 7) is 2.60. The summed E-state index contributed by atoms with van der Waals surface area (Å²) in [5, 5.41) is 3.30. The molecule has 0 aliphatic rings. The van der Waals surface area contributed by atoms with E-state index < -0.39 is 11.9 Å². The first-order chi connectivity index (χ1) is 15.5. The number of esters is 1. The standard InChI is InChI=1S/C24H26ClN3O4/c1-2-3-14-28-21-7-5-4-6-19(21)27-20(24(28)31)12-13-23(30)32-16-22(29)26-15-17-8-10-18(25)11-9-17/h4-11H,2-3,12-16H2,1H3,(H,26,29). The van der Waals surface area contributed by atoms with E-state index in [4.69, 9.17) is 16.3 Å². The van der Waals surface area contributed by atoms with Gasteiger partial charge in [0.15, 0.2) is 6.61 Å². The lowest BCUT2D eigenvalue weighted by atomic mass is 10.2. The second-order valence-corrected chi connectivity index (χ2v) is 7.86. The molecule has 1 heterocycles. The maximum absolute atomic E-state index is 12.9. The molecule has 0 bridgehead atoms. The maximum atomic E-state index is 12.9. The van der Waals surface area contributed by atoms with E-state index in [1.807, 2.05) is 24.3 Å². The minimum atomic E-state index is -0.555. The molecule has 0 unspecified atom stereocenters. The number of ether oxygens (including phenoxy) is 1. The van der Waals surface area contributed by atoms with Crippen molar-refractivity contribution in [1.82, 2.24) is 14.9 Å². The van der Waals surface area contributed by atoms with Crippen LogP contribution in [-0.2, 0) is 33.8 Å². The summed E-state index contributed by atoms with van der Waals surface area (Å²) in [7, 11) is 0. The van der Waals surface area contributed by atoms with Gasteiger partial charge in [0.25, 0.3) is 11.5 Å². The molecule has 0 spiro atoms. The predicted molar refractivity (Wildman–Crippen MR) is 123 cm³/mol. The molecule has 0 aliphatic heterocycles. The van der Waals surface area contributed by atoms with Crippen molar-refractivity contribution >= 4 is 34.5 Å². The summed E-state index contributed by atoms with van der Waals surface area (Å²) in [6.07, 6.45) is 1.96. The van der Waals surface area contributed by atoms with Crippen molar-refractivity contribution in [3.63, 3.8) is 0 Å². The van der Waals surface area contributed by atoms with Gasteiger partial charge < -0.3 is 14.6 Å². The summed E-state index contributed by atoms with van der Waals surface area (Å²) in [5.74, 6) is -0.958. The fraction of sp³-hybridized carbons (Fsp3) is 0.333. The zero-order valence-corrected chi connectivity index (χ0v) is 18.7. The number of nitrogens with zero attached hydrogens (tertiary/aromatic N) is 2. The number of rotatable bonds is 10. The van der Waals surface area contributed by atoms with Crippen LogP contribution in [0, 0.1) is 0 Å². The molecule has 0 saturated carbocycles. The first kappa shape index (κ1) is 23.5. The number of unbranched alkanes of at least 4 members (excludes halogenated alkanes) is 1. The summed E-state index contributed by atoms with van der Waals surface area (Å²) in [5.41, 5.74) is 2.52. The Kier molecular flexibility index (Phi) is 8.39. The summed E-state index contributed by atoms with van der Waals surface area (Å²) in [4.78, 5) is 41.4. The quantitative estimate of drug-likeness (QED) is 0.471. The van der Waals surface area contributed by atoms with E-state index in [2.05, 4.69) is 17.2 Å². The normalized spacial score (nSPS) is 10.8. The number of hydrogen-bond donors (Lipinski definition) is 1. The summed E-state index contributed by atoms with van der Waals surface area (Å²) >= 11 is 5.83. The molecule has 8 heteroatoms. The second-order valence-electron chi connectivity index (χ2n) is 7.42. The highest BCUT2D eigenvalue weighted by atomic mass is 35.5. The van der Waals surface area contributed by atoms with Crippen molar-refractivity contribution in [2.45, 2.75) is 45.7 Å².